The Balaban J connectivity index is 2.53. The Morgan fingerprint density at radius 1 is 1.64 bits per heavy atom. The summed E-state index contributed by atoms with van der Waals surface area (Å²) in [6.07, 6.45) is 0.849. The standard InChI is InChI=1S/C8H8N2O4/c1-2-14-6(11)3-5-4-9-8(13)10-7(5)12/h4H,2-3H2,1H3. The number of amides is 3. The van der Waals surface area contributed by atoms with Crippen LogP contribution in [0, 0.1) is 5.92 Å². The van der Waals surface area contributed by atoms with Crippen LogP contribution < -0.4 is 0 Å². The molecule has 1 rings (SSSR count). The van der Waals surface area contributed by atoms with E-state index in [1.54, 1.807) is 6.92 Å². The summed E-state index contributed by atoms with van der Waals surface area (Å²) in [6, 6.07) is -0.845. The van der Waals surface area contributed by atoms with Crippen molar-refractivity contribution in [2.75, 3.05) is 6.61 Å². The molecule has 0 aliphatic carbocycles. The predicted molar refractivity (Wildman–Crippen MR) is 46.7 cm³/mol. The number of imide groups is 1. The van der Waals surface area contributed by atoms with Crippen LogP contribution in [0.1, 0.15) is 13.3 Å². The third kappa shape index (κ3) is 2.58. The van der Waals surface area contributed by atoms with Crippen molar-refractivity contribution < 1.29 is 19.1 Å². The monoisotopic (exact) mass is 196 g/mol. The molecule has 0 fully saturated rings. The molecule has 0 saturated heterocycles. The number of nitrogens with zero attached hydrogens (tertiary/aromatic N) is 2. The maximum absolute atomic E-state index is 11.0. The van der Waals surface area contributed by atoms with Crippen LogP contribution in [0.5, 0.6) is 0 Å². The first-order valence-corrected chi connectivity index (χ1v) is 3.99. The van der Waals surface area contributed by atoms with Crippen LogP contribution in [-0.4, -0.2) is 30.7 Å². The smallest absolute Gasteiger partial charge is 0.352 e. The summed E-state index contributed by atoms with van der Waals surface area (Å²) in [4.78, 5) is 35.8. The number of hydrogen-bond acceptors (Lipinski definition) is 4. The minimum absolute atomic E-state index is 0.0723. The summed E-state index contributed by atoms with van der Waals surface area (Å²) in [5.74, 6) is -1.19. The van der Waals surface area contributed by atoms with Crippen LogP contribution >= 0.6 is 0 Å². The fraction of sp³-hybridized carbons (Fsp3) is 0.375. The van der Waals surface area contributed by atoms with E-state index in [2.05, 4.69) is 15.0 Å². The van der Waals surface area contributed by atoms with Crippen molar-refractivity contribution in [1.29, 1.82) is 0 Å². The number of urea groups is 1. The lowest BCUT2D eigenvalue weighted by molar-refractivity contribution is -0.143. The van der Waals surface area contributed by atoms with E-state index >= 15 is 0 Å². The molecule has 0 aromatic heterocycles. The Bertz CT molecular complexity index is 298. The maximum atomic E-state index is 11.0. The Hall–Kier alpha value is -1.85. The lowest BCUT2D eigenvalue weighted by Crippen LogP contribution is -2.23. The molecule has 1 heterocycles. The van der Waals surface area contributed by atoms with Gasteiger partial charge in [0, 0.05) is 0 Å². The Kier molecular flexibility index (Phi) is 3.22. The molecular formula is C8H8N2O4. The first kappa shape index (κ1) is 10.2. The highest BCUT2D eigenvalue weighted by Crippen LogP contribution is 2.15. The Morgan fingerprint density at radius 2 is 2.36 bits per heavy atom. The molecule has 6 heteroatoms. The first-order valence-electron chi connectivity index (χ1n) is 3.99. The van der Waals surface area contributed by atoms with Gasteiger partial charge in [-0.15, -0.1) is 0 Å². The molecule has 0 unspecified atom stereocenters. The molecular weight excluding hydrogens is 188 g/mol. The quantitative estimate of drug-likeness (QED) is 0.489. The van der Waals surface area contributed by atoms with Gasteiger partial charge in [0.25, 0.3) is 0 Å². The lowest BCUT2D eigenvalue weighted by atomic mass is 10.1. The summed E-state index contributed by atoms with van der Waals surface area (Å²) in [6.45, 7) is 1.90. The number of esters is 1. The average Bonchev–Trinajstić information content (AvgIpc) is 2.10. The minimum atomic E-state index is -0.845. The fourth-order valence-corrected chi connectivity index (χ4v) is 0.865. The second-order valence-electron chi connectivity index (χ2n) is 2.46. The molecule has 74 valence electrons. The van der Waals surface area contributed by atoms with Gasteiger partial charge < -0.3 is 15.0 Å². The average molecular weight is 196 g/mol. The van der Waals surface area contributed by atoms with Crippen LogP contribution in [0.3, 0.4) is 0 Å². The van der Waals surface area contributed by atoms with Crippen molar-refractivity contribution in [1.82, 2.24) is 0 Å². The molecule has 14 heavy (non-hydrogen) atoms. The van der Waals surface area contributed by atoms with Gasteiger partial charge in [0.15, 0.2) is 6.03 Å². The normalized spacial score (nSPS) is 15.4. The van der Waals surface area contributed by atoms with Crippen LogP contribution in [0.4, 0.5) is 4.79 Å². The zero-order valence-electron chi connectivity index (χ0n) is 7.52. The number of carbonyl (C=O) groups is 3. The largest absolute Gasteiger partial charge is 0.463 e. The predicted octanol–water partition coefficient (Wildman–Crippen LogP) is 0.619. The van der Waals surface area contributed by atoms with Gasteiger partial charge in [-0.2, -0.15) is 0 Å². The molecule has 6 nitrogen and oxygen atoms in total. The van der Waals surface area contributed by atoms with Crippen molar-refractivity contribution in [2.45, 2.75) is 13.3 Å². The van der Waals surface area contributed by atoms with Gasteiger partial charge in [0.1, 0.15) is 6.21 Å². The third-order valence-corrected chi connectivity index (χ3v) is 1.44. The van der Waals surface area contributed by atoms with Gasteiger partial charge in [0.2, 0.25) is 12.3 Å². The molecule has 0 aromatic rings. The summed E-state index contributed by atoms with van der Waals surface area (Å²) < 4.78 is 4.62. The van der Waals surface area contributed by atoms with E-state index in [0.29, 0.717) is 0 Å². The van der Waals surface area contributed by atoms with Gasteiger partial charge in [-0.3, -0.25) is 4.79 Å². The zero-order chi connectivity index (χ0) is 10.6. The van der Waals surface area contributed by atoms with Crippen LogP contribution in [0.15, 0.2) is 4.99 Å². The molecule has 3 amide bonds. The van der Waals surface area contributed by atoms with Crippen molar-refractivity contribution in [3.63, 3.8) is 0 Å². The van der Waals surface area contributed by atoms with Crippen molar-refractivity contribution in [2.24, 2.45) is 4.99 Å². The van der Waals surface area contributed by atoms with Gasteiger partial charge >= 0.3 is 11.9 Å². The van der Waals surface area contributed by atoms with Crippen molar-refractivity contribution >= 4 is 24.1 Å². The Morgan fingerprint density at radius 3 is 2.93 bits per heavy atom. The van der Waals surface area contributed by atoms with Crippen LogP contribution in [0.25, 0.3) is 5.32 Å². The van der Waals surface area contributed by atoms with Crippen LogP contribution in [0.2, 0.25) is 0 Å². The van der Waals surface area contributed by atoms with E-state index < -0.39 is 17.9 Å². The first-order chi connectivity index (χ1) is 6.63. The highest BCUT2D eigenvalue weighted by Gasteiger charge is 2.32. The number of rotatable bonds is 3. The van der Waals surface area contributed by atoms with E-state index in [-0.39, 0.29) is 18.9 Å². The molecule has 1 aliphatic heterocycles. The van der Waals surface area contributed by atoms with Crippen molar-refractivity contribution in [3.05, 3.63) is 11.2 Å². The molecule has 0 N–H and O–H groups in total. The lowest BCUT2D eigenvalue weighted by Gasteiger charge is -2.11. The SMILES string of the molecule is CCOC(=O)C[C+]1C=NC(=O)[N-]C1=O. The molecule has 0 aromatic carbocycles. The minimum Gasteiger partial charge on any atom is -0.463 e. The summed E-state index contributed by atoms with van der Waals surface area (Å²) in [5.41, 5.74) is 0. The Labute approximate surface area is 80.3 Å². The van der Waals surface area contributed by atoms with E-state index in [0.717, 1.165) is 6.21 Å². The van der Waals surface area contributed by atoms with E-state index in [9.17, 15) is 14.4 Å². The summed E-state index contributed by atoms with van der Waals surface area (Å²) in [5, 5.41) is 3.06. The molecule has 0 saturated carbocycles. The second kappa shape index (κ2) is 4.40. The summed E-state index contributed by atoms with van der Waals surface area (Å²) in [7, 11) is 0. The topological polar surface area (TPSA) is 86.9 Å². The van der Waals surface area contributed by atoms with Crippen molar-refractivity contribution in [3.8, 4) is 0 Å². The fourth-order valence-electron chi connectivity index (χ4n) is 0.865. The zero-order valence-corrected chi connectivity index (χ0v) is 7.52. The van der Waals surface area contributed by atoms with E-state index in [1.165, 1.54) is 0 Å². The van der Waals surface area contributed by atoms with Gasteiger partial charge in [-0.1, -0.05) is 0 Å². The van der Waals surface area contributed by atoms with Gasteiger partial charge in [-0.25, -0.2) is 9.59 Å². The number of aliphatic imine (C=N–C) groups is 1. The number of carbonyl (C=O) groups excluding carboxylic acids is 3. The molecule has 0 bridgehead atoms. The maximum Gasteiger partial charge on any atom is 0.352 e. The van der Waals surface area contributed by atoms with E-state index in [1.807, 2.05) is 0 Å². The molecule has 1 aliphatic rings. The highest BCUT2D eigenvalue weighted by molar-refractivity contribution is 6.30. The molecule has 0 radical (unpaired) electrons. The van der Waals surface area contributed by atoms with Gasteiger partial charge in [0.05, 0.1) is 6.61 Å². The highest BCUT2D eigenvalue weighted by atomic mass is 16.5. The number of hydrogen-bond donors (Lipinski definition) is 0. The summed E-state index contributed by atoms with van der Waals surface area (Å²) >= 11 is 0. The number of ether oxygens (including phenoxy) is 1. The van der Waals surface area contributed by atoms with Gasteiger partial charge in [-0.05, 0) is 6.92 Å². The van der Waals surface area contributed by atoms with Crippen LogP contribution in [-0.2, 0) is 14.3 Å². The molecule has 0 spiro atoms. The third-order valence-electron chi connectivity index (χ3n) is 1.44. The second-order valence-corrected chi connectivity index (χ2v) is 2.46. The van der Waals surface area contributed by atoms with E-state index in [4.69, 9.17) is 0 Å². The molecule has 0 atom stereocenters.